The molecule has 0 aromatic carbocycles. The molecule has 0 bridgehead atoms. The van der Waals surface area contributed by atoms with E-state index in [1.54, 1.807) is 0 Å². The average Bonchev–Trinajstić information content (AvgIpc) is 2.80. The molecule has 2 amide bonds. The molecule has 35 heavy (non-hydrogen) atoms. The Morgan fingerprint density at radius 3 is 1.60 bits per heavy atom. The lowest BCUT2D eigenvalue weighted by atomic mass is 10.4. The highest BCUT2D eigenvalue weighted by molar-refractivity contribution is 6.28. The average molecular weight is 508 g/mol. The van der Waals surface area contributed by atoms with Crippen molar-refractivity contribution in [1.82, 2.24) is 44.9 Å². The molecule has 0 radical (unpaired) electrons. The van der Waals surface area contributed by atoms with Gasteiger partial charge in [-0.2, -0.15) is 15.0 Å². The maximum absolute atomic E-state index is 12.0. The molecule has 6 N–H and O–H groups in total. The number of aryl methyl sites for hydroxylation is 2. The smallest absolute Gasteiger partial charge is 0.300 e. The van der Waals surface area contributed by atoms with Gasteiger partial charge in [-0.25, -0.2) is 9.59 Å². The van der Waals surface area contributed by atoms with Crippen molar-refractivity contribution >= 4 is 35.3 Å². The lowest BCUT2D eigenvalue weighted by molar-refractivity contribution is -0.121. The first-order valence-corrected chi connectivity index (χ1v) is 10.2. The Bertz CT molecular complexity index is 1350. The van der Waals surface area contributed by atoms with E-state index in [4.69, 9.17) is 11.6 Å². The Balaban J connectivity index is 1.47. The van der Waals surface area contributed by atoms with Crippen molar-refractivity contribution < 1.29 is 9.59 Å². The van der Waals surface area contributed by atoms with Gasteiger partial charge in [-0.1, -0.05) is 0 Å². The highest BCUT2D eigenvalue weighted by Gasteiger charge is 2.09. The summed E-state index contributed by atoms with van der Waals surface area (Å²) in [6.07, 6.45) is 2.30. The predicted molar refractivity (Wildman–Crippen MR) is 120 cm³/mol. The quantitative estimate of drug-likeness (QED) is 0.154. The van der Waals surface area contributed by atoms with E-state index in [1.165, 1.54) is 12.4 Å². The Morgan fingerprint density at radius 2 is 1.20 bits per heavy atom. The van der Waals surface area contributed by atoms with Crippen LogP contribution in [0.25, 0.3) is 0 Å². The van der Waals surface area contributed by atoms with Crippen LogP contribution in [-0.4, -0.2) is 45.9 Å². The van der Waals surface area contributed by atoms with E-state index in [1.807, 2.05) is 0 Å². The zero-order chi connectivity index (χ0) is 25.4. The van der Waals surface area contributed by atoms with Crippen LogP contribution in [0.2, 0.25) is 5.28 Å². The van der Waals surface area contributed by atoms with Gasteiger partial charge < -0.3 is 9.13 Å². The first kappa shape index (κ1) is 24.8. The third-order valence-electron chi connectivity index (χ3n) is 4.19. The SMILES string of the molecule is O=C(CCn1ccc(=O)[nH]c1=O)NNc1nc(Cl)nc(NNC(=O)CCn2ccc(=O)[nH]c2=O)n1. The molecule has 3 aromatic rings. The summed E-state index contributed by atoms with van der Waals surface area (Å²) in [5, 5.41) is -0.256. The van der Waals surface area contributed by atoms with Crippen LogP contribution >= 0.6 is 11.6 Å². The third kappa shape index (κ3) is 7.63. The van der Waals surface area contributed by atoms with E-state index >= 15 is 0 Å². The summed E-state index contributed by atoms with van der Waals surface area (Å²) in [7, 11) is 0. The number of halogens is 1. The maximum Gasteiger partial charge on any atom is 0.328 e. The fraction of sp³-hybridized carbons (Fsp3) is 0.235. The van der Waals surface area contributed by atoms with Gasteiger partial charge in [0.05, 0.1) is 0 Å². The summed E-state index contributed by atoms with van der Waals surface area (Å²) >= 11 is 5.82. The number of aromatic nitrogens is 7. The van der Waals surface area contributed by atoms with Crippen LogP contribution in [0.4, 0.5) is 11.9 Å². The fourth-order valence-corrected chi connectivity index (χ4v) is 2.68. The lowest BCUT2D eigenvalue weighted by Crippen LogP contribution is -2.35. The number of carbonyl (C=O) groups excluding carboxylic acids is 2. The summed E-state index contributed by atoms with van der Waals surface area (Å²) in [5.41, 5.74) is 7.06. The number of aromatic amines is 2. The van der Waals surface area contributed by atoms with Gasteiger partial charge in [0.15, 0.2) is 0 Å². The lowest BCUT2D eigenvalue weighted by Gasteiger charge is -2.11. The Morgan fingerprint density at radius 1 is 0.771 bits per heavy atom. The van der Waals surface area contributed by atoms with E-state index in [0.717, 1.165) is 21.3 Å². The molecule has 17 nitrogen and oxygen atoms in total. The molecule has 3 rings (SSSR count). The van der Waals surface area contributed by atoms with Gasteiger partial charge in [-0.05, 0) is 11.6 Å². The molecule has 3 aromatic heterocycles. The highest BCUT2D eigenvalue weighted by Crippen LogP contribution is 2.08. The van der Waals surface area contributed by atoms with E-state index < -0.39 is 34.3 Å². The zero-order valence-corrected chi connectivity index (χ0v) is 18.5. The van der Waals surface area contributed by atoms with Crippen LogP contribution in [0.1, 0.15) is 12.8 Å². The number of anilines is 2. The topological polar surface area (TPSA) is 231 Å². The predicted octanol–water partition coefficient (Wildman–Crippen LogP) is -2.71. The van der Waals surface area contributed by atoms with Crippen LogP contribution in [-0.2, 0) is 22.7 Å². The Labute approximate surface area is 198 Å². The summed E-state index contributed by atoms with van der Waals surface area (Å²) < 4.78 is 2.30. The molecule has 0 fully saturated rings. The van der Waals surface area contributed by atoms with E-state index in [-0.39, 0.29) is 43.1 Å². The summed E-state index contributed by atoms with van der Waals surface area (Å²) in [4.78, 5) is 84.9. The number of rotatable bonds is 10. The number of amides is 2. The molecule has 0 saturated carbocycles. The van der Waals surface area contributed by atoms with Crippen LogP contribution < -0.4 is 44.2 Å². The minimum Gasteiger partial charge on any atom is -0.300 e. The van der Waals surface area contributed by atoms with Crippen molar-refractivity contribution in [2.24, 2.45) is 0 Å². The number of hydrogen-bond acceptors (Lipinski definition) is 11. The Kier molecular flexibility index (Phi) is 8.06. The maximum atomic E-state index is 12.0. The first-order chi connectivity index (χ1) is 16.7. The molecule has 0 atom stereocenters. The van der Waals surface area contributed by atoms with Gasteiger partial charge in [-0.15, -0.1) is 0 Å². The molecule has 0 aliphatic carbocycles. The Hall–Kier alpha value is -4.80. The number of nitrogens with zero attached hydrogens (tertiary/aromatic N) is 5. The molecular weight excluding hydrogens is 490 g/mol. The van der Waals surface area contributed by atoms with Crippen LogP contribution in [0.5, 0.6) is 0 Å². The molecule has 18 heteroatoms. The van der Waals surface area contributed by atoms with Gasteiger partial charge in [0.25, 0.3) is 11.1 Å². The molecule has 184 valence electrons. The molecule has 0 spiro atoms. The third-order valence-corrected chi connectivity index (χ3v) is 4.36. The normalized spacial score (nSPS) is 10.4. The van der Waals surface area contributed by atoms with Crippen LogP contribution in [0, 0.1) is 0 Å². The highest BCUT2D eigenvalue weighted by atomic mass is 35.5. The number of hydrazine groups is 2. The summed E-state index contributed by atoms with van der Waals surface area (Å²) in [5.74, 6) is -1.37. The summed E-state index contributed by atoms with van der Waals surface area (Å²) in [6, 6.07) is 2.31. The van der Waals surface area contributed by atoms with Crippen molar-refractivity contribution in [1.29, 1.82) is 0 Å². The second kappa shape index (κ2) is 11.4. The minimum absolute atomic E-state index is 0.00507. The van der Waals surface area contributed by atoms with Gasteiger partial charge in [0.1, 0.15) is 0 Å². The van der Waals surface area contributed by atoms with Gasteiger partial charge in [0, 0.05) is 50.5 Å². The van der Waals surface area contributed by atoms with Gasteiger partial charge >= 0.3 is 11.4 Å². The van der Waals surface area contributed by atoms with Crippen molar-refractivity contribution in [3.8, 4) is 0 Å². The van der Waals surface area contributed by atoms with Crippen LogP contribution in [0.15, 0.2) is 43.7 Å². The van der Waals surface area contributed by atoms with E-state index in [9.17, 15) is 28.8 Å². The zero-order valence-electron chi connectivity index (χ0n) is 17.7. The van der Waals surface area contributed by atoms with Crippen molar-refractivity contribution in [2.45, 2.75) is 25.9 Å². The van der Waals surface area contributed by atoms with E-state index in [2.05, 4.69) is 46.6 Å². The van der Waals surface area contributed by atoms with E-state index in [0.29, 0.717) is 0 Å². The van der Waals surface area contributed by atoms with Crippen molar-refractivity contribution in [2.75, 3.05) is 10.9 Å². The molecule has 0 saturated heterocycles. The number of carbonyl (C=O) groups is 2. The second-order valence-electron chi connectivity index (χ2n) is 6.71. The monoisotopic (exact) mass is 507 g/mol. The molecule has 0 aliphatic rings. The molecule has 0 aliphatic heterocycles. The second-order valence-corrected chi connectivity index (χ2v) is 7.04. The first-order valence-electron chi connectivity index (χ1n) is 9.80. The van der Waals surface area contributed by atoms with Crippen LogP contribution in [0.3, 0.4) is 0 Å². The van der Waals surface area contributed by atoms with Gasteiger partial charge in [-0.3, -0.25) is 50.8 Å². The van der Waals surface area contributed by atoms with Crippen molar-refractivity contribution in [3.05, 3.63) is 71.5 Å². The molecular formula is C17H18ClN11O6. The molecule has 3 heterocycles. The standard InChI is InChI=1S/C17H18ClN11O6/c18-13-21-14(26-24-11(32)3-7-28-5-1-9(30)19-16(28)34)23-15(22-13)27-25-12(33)4-8-29-6-2-10(31)20-17(29)35/h1-2,5-6H,3-4,7-8H2,(H,24,32)(H,25,33)(H,19,30,34)(H,20,31,35)(H2,21,22,23,26,27). The van der Waals surface area contributed by atoms with Crippen molar-refractivity contribution in [3.63, 3.8) is 0 Å². The number of hydrogen-bond donors (Lipinski definition) is 6. The minimum atomic E-state index is -0.647. The summed E-state index contributed by atoms with van der Waals surface area (Å²) in [6.45, 7) is 0.0101. The number of H-pyrrole nitrogens is 2. The molecule has 0 unspecified atom stereocenters. The fourth-order valence-electron chi connectivity index (χ4n) is 2.52. The van der Waals surface area contributed by atoms with Gasteiger partial charge in [0.2, 0.25) is 29.0 Å². The largest absolute Gasteiger partial charge is 0.328 e. The number of nitrogens with one attached hydrogen (secondary N) is 6.